The molecule has 0 aliphatic heterocycles. The summed E-state index contributed by atoms with van der Waals surface area (Å²) in [7, 11) is 1.18. The van der Waals surface area contributed by atoms with Crippen LogP contribution >= 0.6 is 0 Å². The van der Waals surface area contributed by atoms with Crippen molar-refractivity contribution in [3.8, 4) is 0 Å². The molecule has 37 heavy (non-hydrogen) atoms. The number of rotatable bonds is 11. The lowest BCUT2D eigenvalue weighted by atomic mass is 10.0. The number of para-hydroxylation sites is 1. The van der Waals surface area contributed by atoms with Gasteiger partial charge in [0.15, 0.2) is 0 Å². The second-order valence-corrected chi connectivity index (χ2v) is 9.01. The summed E-state index contributed by atoms with van der Waals surface area (Å²) in [6, 6.07) is 8.10. The van der Waals surface area contributed by atoms with Crippen molar-refractivity contribution in [3.63, 3.8) is 0 Å². The van der Waals surface area contributed by atoms with Crippen LogP contribution in [0.1, 0.15) is 38.1 Å². The molecular weight excluding hydrogens is 476 g/mol. The minimum absolute atomic E-state index is 0.0495. The summed E-state index contributed by atoms with van der Waals surface area (Å²) in [6.45, 7) is 4.48. The van der Waals surface area contributed by atoms with E-state index in [0.717, 1.165) is 23.0 Å². The number of anilines is 1. The monoisotopic (exact) mass is 508 g/mol. The van der Waals surface area contributed by atoms with Crippen LogP contribution in [0.3, 0.4) is 0 Å². The zero-order valence-electron chi connectivity index (χ0n) is 21.1. The zero-order valence-corrected chi connectivity index (χ0v) is 21.1. The molecule has 11 heteroatoms. The number of nitrogens with zero attached hydrogens (tertiary/aromatic N) is 2. The average molecular weight is 509 g/mol. The molecule has 1 unspecified atom stereocenters. The smallest absolute Gasteiger partial charge is 0.407 e. The van der Waals surface area contributed by atoms with Crippen molar-refractivity contribution >= 4 is 34.6 Å². The lowest BCUT2D eigenvalue weighted by Gasteiger charge is -2.17. The number of nitrogens with one attached hydrogen (secondary N) is 3. The van der Waals surface area contributed by atoms with Crippen LogP contribution in [0.2, 0.25) is 0 Å². The van der Waals surface area contributed by atoms with E-state index in [9.17, 15) is 19.2 Å². The van der Waals surface area contributed by atoms with Gasteiger partial charge in [-0.25, -0.2) is 9.78 Å². The first kappa shape index (κ1) is 27.2. The zero-order chi connectivity index (χ0) is 26.9. The van der Waals surface area contributed by atoms with E-state index in [-0.39, 0.29) is 25.1 Å². The molecule has 0 saturated carbocycles. The van der Waals surface area contributed by atoms with Gasteiger partial charge in [-0.15, -0.1) is 0 Å². The molecule has 2 heterocycles. The number of methoxy groups -OCH3 is 1. The average Bonchev–Trinajstić information content (AvgIpc) is 3.26. The summed E-state index contributed by atoms with van der Waals surface area (Å²) < 4.78 is 6.03. The predicted molar refractivity (Wildman–Crippen MR) is 140 cm³/mol. The second-order valence-electron chi connectivity index (χ2n) is 9.01. The maximum Gasteiger partial charge on any atom is 0.407 e. The van der Waals surface area contributed by atoms with E-state index in [1.54, 1.807) is 12.3 Å². The number of fused-ring (bicyclic) bond motifs is 1. The lowest BCUT2D eigenvalue weighted by Crippen LogP contribution is -2.44. The number of carbonyl (C=O) groups is 3. The van der Waals surface area contributed by atoms with E-state index < -0.39 is 29.5 Å². The Bertz CT molecular complexity index is 1360. The first-order valence-corrected chi connectivity index (χ1v) is 11.9. The highest BCUT2D eigenvalue weighted by molar-refractivity contribution is 5.96. The minimum atomic E-state index is -1.01. The Hall–Kier alpha value is -4.41. The topological polar surface area (TPSA) is 161 Å². The molecule has 196 valence electrons. The number of pyridine rings is 1. The van der Waals surface area contributed by atoms with Gasteiger partial charge in [-0.3, -0.25) is 14.4 Å². The number of alkyl carbamates (subject to hydrolysis) is 1. The van der Waals surface area contributed by atoms with Gasteiger partial charge in [-0.05, 0) is 55.0 Å². The van der Waals surface area contributed by atoms with Gasteiger partial charge < -0.3 is 30.7 Å². The number of aromatic nitrogens is 3. The Kier molecular flexibility index (Phi) is 9.20. The second kappa shape index (κ2) is 12.5. The standard InChI is InChI=1S/C26H32N6O5/c1-16(2)14-17-8-6-10-18-23(17)31-22(28-18)15-32-13-7-11-20(25(32)35)29-24(34)19(30-26(36)37-3)9-4-5-12-21(27)33/h5-8,10-13,16,19H,4,9,14-15H2,1-3H3,(H2,27,33)(H,28,31)(H,29,34)(H,30,36)/b12-5+. The molecule has 2 aromatic heterocycles. The van der Waals surface area contributed by atoms with Gasteiger partial charge in [0.2, 0.25) is 11.8 Å². The van der Waals surface area contributed by atoms with Gasteiger partial charge in [0.25, 0.3) is 5.56 Å². The van der Waals surface area contributed by atoms with Crippen LogP contribution in [0, 0.1) is 5.92 Å². The first-order valence-electron chi connectivity index (χ1n) is 11.9. The Morgan fingerprint density at radius 3 is 2.70 bits per heavy atom. The molecule has 0 saturated heterocycles. The first-order chi connectivity index (χ1) is 17.7. The fourth-order valence-electron chi connectivity index (χ4n) is 3.89. The number of H-pyrrole nitrogens is 1. The lowest BCUT2D eigenvalue weighted by molar-refractivity contribution is -0.118. The molecule has 0 fully saturated rings. The Balaban J connectivity index is 1.78. The molecule has 0 radical (unpaired) electrons. The van der Waals surface area contributed by atoms with Gasteiger partial charge in [-0.1, -0.05) is 32.1 Å². The summed E-state index contributed by atoms with van der Waals surface area (Å²) in [5.74, 6) is -0.129. The number of nitrogens with two attached hydrogens (primary N) is 1. The van der Waals surface area contributed by atoms with Crippen LogP contribution in [0.4, 0.5) is 10.5 Å². The summed E-state index contributed by atoms with van der Waals surface area (Å²) in [5.41, 5.74) is 7.61. The Morgan fingerprint density at radius 2 is 2.00 bits per heavy atom. The SMILES string of the molecule is COC(=O)NC(CC/C=C/C(N)=O)C(=O)Nc1cccn(Cc2nc3c(CC(C)C)cccc3[nH]2)c1=O. The van der Waals surface area contributed by atoms with E-state index >= 15 is 0 Å². The van der Waals surface area contributed by atoms with Crippen LogP contribution in [-0.2, 0) is 27.3 Å². The summed E-state index contributed by atoms with van der Waals surface area (Å²) >= 11 is 0. The van der Waals surface area contributed by atoms with Gasteiger partial charge in [0.05, 0.1) is 24.7 Å². The molecule has 3 aromatic rings. The van der Waals surface area contributed by atoms with Crippen LogP contribution in [0.5, 0.6) is 0 Å². The maximum atomic E-state index is 13.1. The third kappa shape index (κ3) is 7.53. The van der Waals surface area contributed by atoms with Gasteiger partial charge in [0, 0.05) is 6.20 Å². The van der Waals surface area contributed by atoms with E-state index in [0.29, 0.717) is 11.7 Å². The van der Waals surface area contributed by atoms with Crippen molar-refractivity contribution in [1.82, 2.24) is 19.9 Å². The predicted octanol–water partition coefficient (Wildman–Crippen LogP) is 2.46. The van der Waals surface area contributed by atoms with E-state index in [2.05, 4.69) is 40.3 Å². The number of ether oxygens (including phenoxy) is 1. The fraction of sp³-hybridized carbons (Fsp3) is 0.346. The maximum absolute atomic E-state index is 13.1. The number of hydrogen-bond donors (Lipinski definition) is 4. The normalized spacial score (nSPS) is 12.1. The molecule has 1 atom stereocenters. The fourth-order valence-corrected chi connectivity index (χ4v) is 3.89. The highest BCUT2D eigenvalue weighted by atomic mass is 16.5. The van der Waals surface area contributed by atoms with Crippen molar-refractivity contribution in [1.29, 1.82) is 0 Å². The number of aromatic amines is 1. The molecule has 3 amide bonds. The molecule has 1 aromatic carbocycles. The summed E-state index contributed by atoms with van der Waals surface area (Å²) in [6.07, 6.45) is 4.81. The number of benzene rings is 1. The van der Waals surface area contributed by atoms with Crippen molar-refractivity contribution < 1.29 is 19.1 Å². The number of carbonyl (C=O) groups excluding carboxylic acids is 3. The van der Waals surface area contributed by atoms with Crippen molar-refractivity contribution in [2.45, 2.75) is 45.7 Å². The van der Waals surface area contributed by atoms with Crippen LogP contribution in [0.15, 0.2) is 53.5 Å². The summed E-state index contributed by atoms with van der Waals surface area (Å²) in [5, 5.41) is 5.02. The van der Waals surface area contributed by atoms with Crippen LogP contribution in [0.25, 0.3) is 11.0 Å². The molecule has 0 spiro atoms. The molecular formula is C26H32N6O5. The quantitative estimate of drug-likeness (QED) is 0.291. The van der Waals surface area contributed by atoms with Crippen LogP contribution in [-0.4, -0.2) is 45.6 Å². The third-order valence-corrected chi connectivity index (χ3v) is 5.57. The van der Waals surface area contributed by atoms with Crippen molar-refractivity contribution in [3.05, 3.63) is 70.4 Å². The van der Waals surface area contributed by atoms with Gasteiger partial charge in [0.1, 0.15) is 17.6 Å². The number of allylic oxidation sites excluding steroid dienone is 1. The van der Waals surface area contributed by atoms with E-state index in [4.69, 9.17) is 10.7 Å². The molecule has 0 aliphatic carbocycles. The van der Waals surface area contributed by atoms with Gasteiger partial charge >= 0.3 is 6.09 Å². The van der Waals surface area contributed by atoms with Gasteiger partial charge in [-0.2, -0.15) is 0 Å². The highest BCUT2D eigenvalue weighted by Crippen LogP contribution is 2.20. The Morgan fingerprint density at radius 1 is 1.22 bits per heavy atom. The molecule has 0 aliphatic rings. The molecule has 5 N–H and O–H groups in total. The van der Waals surface area contributed by atoms with Crippen molar-refractivity contribution in [2.24, 2.45) is 11.7 Å². The number of amides is 3. The largest absolute Gasteiger partial charge is 0.453 e. The van der Waals surface area contributed by atoms with E-state index in [1.165, 1.54) is 29.9 Å². The van der Waals surface area contributed by atoms with Crippen molar-refractivity contribution in [2.75, 3.05) is 12.4 Å². The van der Waals surface area contributed by atoms with E-state index in [1.807, 2.05) is 12.1 Å². The summed E-state index contributed by atoms with van der Waals surface area (Å²) in [4.78, 5) is 56.6. The number of primary amides is 1. The minimum Gasteiger partial charge on any atom is -0.453 e. The highest BCUT2D eigenvalue weighted by Gasteiger charge is 2.22. The molecule has 3 rings (SSSR count). The number of imidazole rings is 1. The van der Waals surface area contributed by atoms with Crippen LogP contribution < -0.4 is 21.9 Å². The molecule has 11 nitrogen and oxygen atoms in total. The Labute approximate surface area is 214 Å². The molecule has 0 bridgehead atoms. The third-order valence-electron chi connectivity index (χ3n) is 5.57. The number of hydrogen-bond acceptors (Lipinski definition) is 6.